The maximum atomic E-state index is 13.6. The lowest BCUT2D eigenvalue weighted by Crippen LogP contribution is -2.08. The Morgan fingerprint density at radius 3 is 2.88 bits per heavy atom. The minimum Gasteiger partial charge on any atom is -0.339 e. The van der Waals surface area contributed by atoms with Gasteiger partial charge < -0.3 is 4.52 Å². The molecule has 1 aliphatic rings. The Morgan fingerprint density at radius 2 is 2.18 bits per heavy atom. The molecular formula is C12H10BrFN2O. The van der Waals surface area contributed by atoms with Gasteiger partial charge in [0.05, 0.1) is 5.56 Å². The lowest BCUT2D eigenvalue weighted by molar-refractivity contribution is 0.292. The smallest absolute Gasteiger partial charge is 0.230 e. The maximum Gasteiger partial charge on any atom is 0.230 e. The quantitative estimate of drug-likeness (QED) is 0.843. The third kappa shape index (κ3) is 1.99. The van der Waals surface area contributed by atoms with Gasteiger partial charge in [-0.05, 0) is 31.0 Å². The Morgan fingerprint density at radius 1 is 1.35 bits per heavy atom. The SMILES string of the molecule is Fc1ccc(Br)cc1-c1noc(C2CCC2)n1. The van der Waals surface area contributed by atoms with Gasteiger partial charge in [-0.15, -0.1) is 0 Å². The molecule has 0 amide bonds. The van der Waals surface area contributed by atoms with Crippen molar-refractivity contribution in [2.24, 2.45) is 0 Å². The van der Waals surface area contributed by atoms with Gasteiger partial charge in [-0.25, -0.2) is 4.39 Å². The average molecular weight is 297 g/mol. The fraction of sp³-hybridized carbons (Fsp3) is 0.333. The lowest BCUT2D eigenvalue weighted by Gasteiger charge is -2.20. The highest BCUT2D eigenvalue weighted by Gasteiger charge is 2.26. The molecule has 1 aromatic carbocycles. The van der Waals surface area contributed by atoms with Crippen LogP contribution < -0.4 is 0 Å². The van der Waals surface area contributed by atoms with Crippen molar-refractivity contribution in [1.82, 2.24) is 10.1 Å². The Hall–Kier alpha value is -1.23. The molecule has 2 aromatic rings. The summed E-state index contributed by atoms with van der Waals surface area (Å²) in [7, 11) is 0. The van der Waals surface area contributed by atoms with Gasteiger partial charge in [0.15, 0.2) is 0 Å². The lowest BCUT2D eigenvalue weighted by atomic mass is 9.85. The molecular weight excluding hydrogens is 287 g/mol. The Kier molecular flexibility index (Phi) is 2.70. The molecule has 0 unspecified atom stereocenters. The van der Waals surface area contributed by atoms with Crippen LogP contribution >= 0.6 is 15.9 Å². The first-order valence-electron chi connectivity index (χ1n) is 5.53. The van der Waals surface area contributed by atoms with Crippen LogP contribution in [0.3, 0.4) is 0 Å². The predicted octanol–water partition coefficient (Wildman–Crippen LogP) is 3.91. The minimum absolute atomic E-state index is 0.325. The molecule has 1 heterocycles. The number of benzene rings is 1. The van der Waals surface area contributed by atoms with Crippen molar-refractivity contribution >= 4 is 15.9 Å². The fourth-order valence-corrected chi connectivity index (χ4v) is 2.20. The van der Waals surface area contributed by atoms with E-state index in [1.54, 1.807) is 12.1 Å². The molecule has 88 valence electrons. The zero-order valence-electron chi connectivity index (χ0n) is 8.99. The van der Waals surface area contributed by atoms with E-state index < -0.39 is 0 Å². The number of hydrogen-bond acceptors (Lipinski definition) is 3. The molecule has 0 spiro atoms. The Labute approximate surface area is 106 Å². The predicted molar refractivity (Wildman–Crippen MR) is 64.0 cm³/mol. The highest BCUT2D eigenvalue weighted by Crippen LogP contribution is 2.36. The third-order valence-corrected chi connectivity index (χ3v) is 3.56. The van der Waals surface area contributed by atoms with E-state index in [2.05, 4.69) is 26.1 Å². The van der Waals surface area contributed by atoms with Crippen LogP contribution in [-0.2, 0) is 0 Å². The van der Waals surface area contributed by atoms with Gasteiger partial charge in [0.1, 0.15) is 5.82 Å². The van der Waals surface area contributed by atoms with E-state index in [4.69, 9.17) is 4.52 Å². The second-order valence-electron chi connectivity index (χ2n) is 4.21. The molecule has 1 aliphatic carbocycles. The molecule has 1 saturated carbocycles. The summed E-state index contributed by atoms with van der Waals surface area (Å²) in [6, 6.07) is 4.69. The van der Waals surface area contributed by atoms with Crippen LogP contribution in [0.25, 0.3) is 11.4 Å². The number of rotatable bonds is 2. The molecule has 0 N–H and O–H groups in total. The molecule has 0 radical (unpaired) electrons. The van der Waals surface area contributed by atoms with Crippen molar-refractivity contribution in [2.45, 2.75) is 25.2 Å². The fourth-order valence-electron chi connectivity index (χ4n) is 1.83. The summed E-state index contributed by atoms with van der Waals surface area (Å²) in [5, 5.41) is 3.84. The van der Waals surface area contributed by atoms with E-state index in [-0.39, 0.29) is 5.82 Å². The van der Waals surface area contributed by atoms with Crippen molar-refractivity contribution in [3.63, 3.8) is 0 Å². The van der Waals surface area contributed by atoms with Crippen molar-refractivity contribution in [1.29, 1.82) is 0 Å². The van der Waals surface area contributed by atoms with Gasteiger partial charge in [-0.3, -0.25) is 0 Å². The van der Waals surface area contributed by atoms with Crippen LogP contribution in [0.2, 0.25) is 0 Å². The molecule has 0 aliphatic heterocycles. The Balaban J connectivity index is 1.97. The second kappa shape index (κ2) is 4.22. The van der Waals surface area contributed by atoms with E-state index in [0.29, 0.717) is 23.2 Å². The number of hydrogen-bond donors (Lipinski definition) is 0. The number of nitrogens with zero attached hydrogens (tertiary/aromatic N) is 2. The summed E-state index contributed by atoms with van der Waals surface area (Å²) in [4.78, 5) is 4.27. The van der Waals surface area contributed by atoms with Gasteiger partial charge >= 0.3 is 0 Å². The van der Waals surface area contributed by atoms with Gasteiger partial charge in [-0.1, -0.05) is 27.5 Å². The van der Waals surface area contributed by atoms with Crippen molar-refractivity contribution in [3.8, 4) is 11.4 Å². The van der Waals surface area contributed by atoms with Crippen LogP contribution in [-0.4, -0.2) is 10.1 Å². The number of halogens is 2. The summed E-state index contributed by atoms with van der Waals surface area (Å²) >= 11 is 3.30. The van der Waals surface area contributed by atoms with Gasteiger partial charge in [-0.2, -0.15) is 4.98 Å². The summed E-state index contributed by atoms with van der Waals surface area (Å²) in [5.74, 6) is 0.983. The highest BCUT2D eigenvalue weighted by atomic mass is 79.9. The van der Waals surface area contributed by atoms with Gasteiger partial charge in [0, 0.05) is 10.4 Å². The molecule has 0 atom stereocenters. The molecule has 5 heteroatoms. The van der Waals surface area contributed by atoms with E-state index in [0.717, 1.165) is 17.3 Å². The van der Waals surface area contributed by atoms with E-state index in [1.807, 2.05) is 0 Å². The summed E-state index contributed by atoms with van der Waals surface area (Å²) in [6.07, 6.45) is 3.37. The monoisotopic (exact) mass is 296 g/mol. The van der Waals surface area contributed by atoms with E-state index >= 15 is 0 Å². The van der Waals surface area contributed by atoms with Crippen molar-refractivity contribution in [2.75, 3.05) is 0 Å². The standard InChI is InChI=1S/C12H10BrFN2O/c13-8-4-5-10(14)9(6-8)11-15-12(17-16-11)7-2-1-3-7/h4-7H,1-3H2. The summed E-state index contributed by atoms with van der Waals surface area (Å²) in [5.41, 5.74) is 0.369. The zero-order valence-corrected chi connectivity index (χ0v) is 10.6. The molecule has 1 aromatic heterocycles. The van der Waals surface area contributed by atoms with E-state index in [1.165, 1.54) is 12.5 Å². The van der Waals surface area contributed by atoms with E-state index in [9.17, 15) is 4.39 Å². The summed E-state index contributed by atoms with van der Waals surface area (Å²) in [6.45, 7) is 0. The van der Waals surface area contributed by atoms with Crippen LogP contribution in [0.5, 0.6) is 0 Å². The van der Waals surface area contributed by atoms with Crippen molar-refractivity contribution < 1.29 is 8.91 Å². The molecule has 1 fully saturated rings. The van der Waals surface area contributed by atoms with Crippen LogP contribution in [0.1, 0.15) is 31.1 Å². The summed E-state index contributed by atoms with van der Waals surface area (Å²) < 4.78 is 19.6. The normalized spacial score (nSPS) is 15.9. The molecule has 3 rings (SSSR count). The molecule has 17 heavy (non-hydrogen) atoms. The van der Waals surface area contributed by atoms with Crippen LogP contribution in [0, 0.1) is 5.82 Å². The van der Waals surface area contributed by atoms with Gasteiger partial charge in [0.2, 0.25) is 11.7 Å². The molecule has 0 bridgehead atoms. The first-order valence-corrected chi connectivity index (χ1v) is 6.32. The minimum atomic E-state index is -0.339. The first kappa shape index (κ1) is 10.9. The highest BCUT2D eigenvalue weighted by molar-refractivity contribution is 9.10. The molecule has 0 saturated heterocycles. The zero-order chi connectivity index (χ0) is 11.8. The second-order valence-corrected chi connectivity index (χ2v) is 5.12. The Bertz CT molecular complexity index is 551. The molecule has 3 nitrogen and oxygen atoms in total. The number of aromatic nitrogens is 2. The third-order valence-electron chi connectivity index (χ3n) is 3.07. The average Bonchev–Trinajstić information content (AvgIpc) is 2.68. The van der Waals surface area contributed by atoms with Crippen LogP contribution in [0.4, 0.5) is 4.39 Å². The largest absolute Gasteiger partial charge is 0.339 e. The van der Waals surface area contributed by atoms with Gasteiger partial charge in [0.25, 0.3) is 0 Å². The van der Waals surface area contributed by atoms with Crippen LogP contribution in [0.15, 0.2) is 27.2 Å². The maximum absolute atomic E-state index is 13.6. The first-order chi connectivity index (χ1) is 8.24. The van der Waals surface area contributed by atoms with Crippen molar-refractivity contribution in [3.05, 3.63) is 34.4 Å². The topological polar surface area (TPSA) is 38.9 Å².